The second kappa shape index (κ2) is 5.15. The van der Waals surface area contributed by atoms with Crippen LogP contribution in [0.4, 0.5) is 4.39 Å². The lowest BCUT2D eigenvalue weighted by atomic mass is 10.1. The van der Waals surface area contributed by atoms with Gasteiger partial charge >= 0.3 is 0 Å². The topological polar surface area (TPSA) is 98.0 Å². The van der Waals surface area contributed by atoms with E-state index in [1.54, 1.807) is 0 Å². The van der Waals surface area contributed by atoms with Gasteiger partial charge < -0.3 is 25.2 Å². The maximum atomic E-state index is 12.6. The van der Waals surface area contributed by atoms with Crippen LogP contribution < -0.4 is 0 Å². The van der Waals surface area contributed by atoms with E-state index in [1.165, 1.54) is 0 Å². The first-order valence-electron chi connectivity index (χ1n) is 3.29. The summed E-state index contributed by atoms with van der Waals surface area (Å²) in [6.07, 6.45) is -8.03. The van der Waals surface area contributed by atoms with E-state index in [1.807, 2.05) is 0 Å². The van der Waals surface area contributed by atoms with Gasteiger partial charge in [-0.05, 0) is 0 Å². The van der Waals surface area contributed by atoms with E-state index in [4.69, 9.17) is 20.4 Å². The number of aliphatic hydroxyl groups excluding tert-OH is 4. The van der Waals surface area contributed by atoms with E-state index in [9.17, 15) is 9.18 Å². The Morgan fingerprint density at radius 1 is 1.33 bits per heavy atom. The number of aliphatic hydroxyl groups is 4. The standard InChI is InChI=1S/C6H11FO5/c7-5(3(10)1-8)6(12)4(11)2-9/h1,3-6,9-12H,2H2/t3-,4+,5+,6+/m0/s1/i7-1. The molecule has 5 nitrogen and oxygen atoms in total. The van der Waals surface area contributed by atoms with Gasteiger partial charge in [-0.3, -0.25) is 0 Å². The normalized spacial score (nSPS) is 21.1. The molecule has 0 aliphatic rings. The summed E-state index contributed by atoms with van der Waals surface area (Å²) in [6.45, 7) is -0.840. The molecular formula is C6H11FO5. The van der Waals surface area contributed by atoms with Crippen molar-refractivity contribution in [2.24, 2.45) is 0 Å². The number of rotatable bonds is 5. The quantitative estimate of drug-likeness (QED) is 0.354. The molecule has 12 heavy (non-hydrogen) atoms. The van der Waals surface area contributed by atoms with Crippen LogP contribution >= 0.6 is 0 Å². The minimum absolute atomic E-state index is 0.0992. The second-order valence-corrected chi connectivity index (χ2v) is 2.31. The van der Waals surface area contributed by atoms with Crippen molar-refractivity contribution in [3.05, 3.63) is 0 Å². The Hall–Kier alpha value is -0.560. The molecule has 0 fully saturated rings. The molecule has 6 heteroatoms. The Balaban J connectivity index is 4.07. The highest BCUT2D eigenvalue weighted by atomic mass is 18.2. The molecule has 0 aliphatic heterocycles. The van der Waals surface area contributed by atoms with Gasteiger partial charge in [-0.1, -0.05) is 0 Å². The van der Waals surface area contributed by atoms with E-state index in [0.717, 1.165) is 0 Å². The molecule has 0 unspecified atom stereocenters. The number of hydrogen-bond donors (Lipinski definition) is 4. The van der Waals surface area contributed by atoms with Gasteiger partial charge in [-0.25, -0.2) is 4.39 Å². The zero-order valence-electron chi connectivity index (χ0n) is 6.17. The third-order valence-corrected chi connectivity index (χ3v) is 1.37. The summed E-state index contributed by atoms with van der Waals surface area (Å²) in [6, 6.07) is 0. The minimum Gasteiger partial charge on any atom is -0.394 e. The smallest absolute Gasteiger partial charge is 0.161 e. The van der Waals surface area contributed by atoms with E-state index in [2.05, 4.69) is 0 Å². The minimum atomic E-state index is -2.29. The van der Waals surface area contributed by atoms with Crippen molar-refractivity contribution >= 4 is 6.29 Å². The van der Waals surface area contributed by atoms with E-state index < -0.39 is 31.1 Å². The molecule has 0 rings (SSSR count). The van der Waals surface area contributed by atoms with Gasteiger partial charge in [0.05, 0.1) is 6.61 Å². The predicted octanol–water partition coefficient (Wildman–Crippen LogP) is -2.40. The molecule has 72 valence electrons. The fourth-order valence-electron chi connectivity index (χ4n) is 0.597. The van der Waals surface area contributed by atoms with Crippen LogP contribution in [0.1, 0.15) is 0 Å². The number of halogens is 1. The lowest BCUT2D eigenvalue weighted by Gasteiger charge is -2.20. The lowest BCUT2D eigenvalue weighted by Crippen LogP contribution is -2.43. The fraction of sp³-hybridized carbons (Fsp3) is 0.833. The largest absolute Gasteiger partial charge is 0.394 e. The Morgan fingerprint density at radius 2 is 1.83 bits per heavy atom. The average molecular weight is 181 g/mol. The summed E-state index contributed by atoms with van der Waals surface area (Å²) in [5.41, 5.74) is 0. The van der Waals surface area contributed by atoms with E-state index >= 15 is 0 Å². The van der Waals surface area contributed by atoms with Gasteiger partial charge in [0.25, 0.3) is 0 Å². The SMILES string of the molecule is O=C[C@H](O)[C@@H]([18F])[C@H](O)[C@H](O)CO. The summed E-state index contributed by atoms with van der Waals surface area (Å²) in [4.78, 5) is 9.82. The van der Waals surface area contributed by atoms with Crippen molar-refractivity contribution in [3.63, 3.8) is 0 Å². The molecule has 0 amide bonds. The molecule has 0 spiro atoms. The zero-order chi connectivity index (χ0) is 9.72. The van der Waals surface area contributed by atoms with Crippen LogP contribution in [0.25, 0.3) is 0 Å². The van der Waals surface area contributed by atoms with Gasteiger partial charge in [0.1, 0.15) is 18.3 Å². The first-order chi connectivity index (χ1) is 5.54. The molecule has 4 atom stereocenters. The average Bonchev–Trinajstić information content (AvgIpc) is 2.12. The highest BCUT2D eigenvalue weighted by Crippen LogP contribution is 2.07. The molecule has 0 aromatic heterocycles. The van der Waals surface area contributed by atoms with Gasteiger partial charge in [0, 0.05) is 0 Å². The Bertz CT molecular complexity index is 142. The molecule has 0 bridgehead atoms. The summed E-state index contributed by atoms with van der Waals surface area (Å²) < 4.78 is 12.6. The third-order valence-electron chi connectivity index (χ3n) is 1.37. The molecule has 0 heterocycles. The van der Waals surface area contributed by atoms with Gasteiger partial charge in [-0.2, -0.15) is 0 Å². The molecule has 0 saturated heterocycles. The first-order valence-corrected chi connectivity index (χ1v) is 3.29. The highest BCUT2D eigenvalue weighted by molar-refractivity contribution is 5.56. The maximum absolute atomic E-state index is 12.6. The summed E-state index contributed by atoms with van der Waals surface area (Å²) in [5.74, 6) is 0. The summed E-state index contributed by atoms with van der Waals surface area (Å²) >= 11 is 0. The number of aldehydes is 1. The van der Waals surface area contributed by atoms with Crippen LogP contribution in [-0.2, 0) is 4.79 Å². The second-order valence-electron chi connectivity index (χ2n) is 2.31. The number of carbonyl (C=O) groups excluding carboxylic acids is 1. The summed E-state index contributed by atoms with van der Waals surface area (Å²) in [7, 11) is 0. The Morgan fingerprint density at radius 3 is 2.17 bits per heavy atom. The van der Waals surface area contributed by atoms with E-state index in [0.29, 0.717) is 0 Å². The highest BCUT2D eigenvalue weighted by Gasteiger charge is 2.31. The van der Waals surface area contributed by atoms with Crippen molar-refractivity contribution < 1.29 is 29.6 Å². The third kappa shape index (κ3) is 2.82. The van der Waals surface area contributed by atoms with Crippen molar-refractivity contribution in [1.82, 2.24) is 0 Å². The van der Waals surface area contributed by atoms with Crippen LogP contribution in [0.2, 0.25) is 0 Å². The Labute approximate surface area is 68.1 Å². The van der Waals surface area contributed by atoms with Gasteiger partial charge in [0.15, 0.2) is 12.5 Å². The fourth-order valence-corrected chi connectivity index (χ4v) is 0.597. The zero-order valence-corrected chi connectivity index (χ0v) is 6.17. The van der Waals surface area contributed by atoms with Crippen LogP contribution in [0, 0.1) is 0 Å². The van der Waals surface area contributed by atoms with E-state index in [-0.39, 0.29) is 6.29 Å². The van der Waals surface area contributed by atoms with Crippen LogP contribution in [-0.4, -0.2) is 57.8 Å². The Kier molecular flexibility index (Phi) is 4.91. The first kappa shape index (κ1) is 11.4. The van der Waals surface area contributed by atoms with Crippen LogP contribution in [0.3, 0.4) is 0 Å². The van der Waals surface area contributed by atoms with Crippen LogP contribution in [0.15, 0.2) is 0 Å². The van der Waals surface area contributed by atoms with Crippen LogP contribution in [0.5, 0.6) is 0 Å². The lowest BCUT2D eigenvalue weighted by molar-refractivity contribution is -0.126. The molecular weight excluding hydrogens is 170 g/mol. The number of alkyl halides is 1. The molecule has 0 aromatic rings. The van der Waals surface area contributed by atoms with Gasteiger partial charge in [0.2, 0.25) is 0 Å². The molecule has 0 saturated carbocycles. The maximum Gasteiger partial charge on any atom is 0.161 e. The molecule has 0 radical (unpaired) electrons. The molecule has 0 aromatic carbocycles. The summed E-state index contributed by atoms with van der Waals surface area (Å²) in [5, 5.41) is 34.3. The molecule has 4 N–H and O–H groups in total. The predicted molar refractivity (Wildman–Crippen MR) is 36.1 cm³/mol. The van der Waals surface area contributed by atoms with Gasteiger partial charge in [-0.15, -0.1) is 0 Å². The van der Waals surface area contributed by atoms with Crippen molar-refractivity contribution in [2.45, 2.75) is 24.5 Å². The number of hydrogen-bond acceptors (Lipinski definition) is 5. The van der Waals surface area contributed by atoms with Crippen molar-refractivity contribution in [1.29, 1.82) is 0 Å². The monoisotopic (exact) mass is 181 g/mol. The van der Waals surface area contributed by atoms with Crippen molar-refractivity contribution in [3.8, 4) is 0 Å². The molecule has 0 aliphatic carbocycles. The number of carbonyl (C=O) groups is 1. The van der Waals surface area contributed by atoms with Crippen molar-refractivity contribution in [2.75, 3.05) is 6.61 Å².